The van der Waals surface area contributed by atoms with Gasteiger partial charge in [-0.25, -0.2) is 13.2 Å². The Morgan fingerprint density at radius 1 is 0.938 bits per heavy atom. The van der Waals surface area contributed by atoms with Gasteiger partial charge in [-0.1, -0.05) is 13.0 Å². The number of ether oxygens (including phenoxy) is 1. The van der Waals surface area contributed by atoms with Gasteiger partial charge in [-0.15, -0.1) is 0 Å². The number of nitrogens with zero attached hydrogens (tertiary/aromatic N) is 4. The van der Waals surface area contributed by atoms with Crippen LogP contribution < -0.4 is 15.0 Å². The third kappa shape index (κ3) is 5.26. The number of hydrogen-bond acceptors (Lipinski definition) is 7. The molecule has 9 rings (SSSR count). The van der Waals surface area contributed by atoms with Crippen LogP contribution in [0.15, 0.2) is 30.3 Å². The van der Waals surface area contributed by atoms with E-state index in [9.17, 15) is 5.11 Å². The molecular weight excluding hydrogens is 615 g/mol. The number of likely N-dealkylation sites (tertiary alicyclic amines) is 1. The van der Waals surface area contributed by atoms with Crippen LogP contribution >= 0.6 is 0 Å². The molecule has 2 saturated carbocycles. The van der Waals surface area contributed by atoms with Crippen LogP contribution in [0.5, 0.6) is 11.8 Å². The molecule has 1 spiro atoms. The number of phenols is 1. The summed E-state index contributed by atoms with van der Waals surface area (Å²) < 4.78 is 54.7. The molecule has 3 aromatic carbocycles. The number of benzene rings is 3. The number of anilines is 1. The molecule has 10 heteroatoms. The number of fused-ring (bicyclic) bond motifs is 4. The number of phenolic OH excluding ortho intramolecular Hbond substituents is 1. The quantitative estimate of drug-likeness (QED) is 0.209. The van der Waals surface area contributed by atoms with Crippen molar-refractivity contribution in [3.8, 4) is 22.9 Å². The Morgan fingerprint density at radius 3 is 2.38 bits per heavy atom. The summed E-state index contributed by atoms with van der Waals surface area (Å²) >= 11 is 0. The van der Waals surface area contributed by atoms with Gasteiger partial charge in [-0.2, -0.15) is 9.97 Å². The van der Waals surface area contributed by atoms with E-state index in [0.717, 1.165) is 45.3 Å². The number of hydrogen-bond donors (Lipinski definition) is 2. The zero-order chi connectivity index (χ0) is 32.8. The molecule has 3 aliphatic heterocycles. The van der Waals surface area contributed by atoms with E-state index in [1.807, 2.05) is 0 Å². The summed E-state index contributed by atoms with van der Waals surface area (Å²) in [7, 11) is 0. The van der Waals surface area contributed by atoms with Gasteiger partial charge in [0.25, 0.3) is 0 Å². The summed E-state index contributed by atoms with van der Waals surface area (Å²) in [6, 6.07) is 7.58. The van der Waals surface area contributed by atoms with Gasteiger partial charge >= 0.3 is 6.01 Å². The molecule has 252 valence electrons. The number of rotatable bonds is 8. The number of aromatic hydroxyl groups is 1. The molecule has 0 amide bonds. The van der Waals surface area contributed by atoms with Crippen LogP contribution in [0.3, 0.4) is 0 Å². The first-order valence-corrected chi connectivity index (χ1v) is 17.7. The van der Waals surface area contributed by atoms with E-state index in [4.69, 9.17) is 9.72 Å². The molecule has 4 heterocycles. The maximum atomic E-state index is 17.0. The fraction of sp³-hybridized carbons (Fsp3) is 0.526. The standard InChI is InChI=1S/C38H42F3N5O2/c1-2-26-29(39)6-3-22-15-25(47)16-27(31(22)26)32-30(40)17-28-34(33(32)41)43-36(44-35(28)46-18-23-4-5-24(19-46)42-23)48-21-38(9-10-38)20-45-13-11-37(7-8-37)12-14-45/h3,6,15-17,23-24,42,47H,2,4-5,7-14,18-21H2,1H3. The SMILES string of the molecule is CCc1c(F)ccc2cc(O)cc(-c3c(F)cc4c(N5CC6CCC(C5)N6)nc(OCC5(CN6CCC7(CC6)CC7)CC5)nc4c3F)c12. The average Bonchev–Trinajstić information content (AvgIpc) is 4.00. The summed E-state index contributed by atoms with van der Waals surface area (Å²) in [5.41, 5.74) is 0.694. The van der Waals surface area contributed by atoms with Gasteiger partial charge < -0.3 is 25.0 Å². The molecule has 1 aromatic heterocycles. The van der Waals surface area contributed by atoms with Crippen LogP contribution in [0.25, 0.3) is 32.8 Å². The predicted octanol–water partition coefficient (Wildman–Crippen LogP) is 7.11. The first-order valence-electron chi connectivity index (χ1n) is 17.7. The highest BCUT2D eigenvalue weighted by Gasteiger charge is 2.49. The van der Waals surface area contributed by atoms with E-state index in [1.165, 1.54) is 56.0 Å². The smallest absolute Gasteiger partial charge is 0.319 e. The van der Waals surface area contributed by atoms with Crippen LogP contribution in [0.4, 0.5) is 19.0 Å². The van der Waals surface area contributed by atoms with Crippen molar-refractivity contribution in [1.29, 1.82) is 0 Å². The summed E-state index contributed by atoms with van der Waals surface area (Å²) in [6.07, 6.45) is 9.87. The lowest BCUT2D eigenvalue weighted by Gasteiger charge is -2.35. The average molecular weight is 658 g/mol. The van der Waals surface area contributed by atoms with Gasteiger partial charge in [0.2, 0.25) is 0 Å². The van der Waals surface area contributed by atoms with Gasteiger partial charge in [0.1, 0.15) is 28.7 Å². The lowest BCUT2D eigenvalue weighted by Crippen LogP contribution is -2.51. The molecule has 0 radical (unpaired) electrons. The predicted molar refractivity (Wildman–Crippen MR) is 180 cm³/mol. The van der Waals surface area contributed by atoms with Crippen LogP contribution in [0, 0.1) is 28.3 Å². The Morgan fingerprint density at radius 2 is 1.69 bits per heavy atom. The molecule has 5 aliphatic rings. The van der Waals surface area contributed by atoms with Crippen molar-refractivity contribution < 1.29 is 23.0 Å². The summed E-state index contributed by atoms with van der Waals surface area (Å²) in [5.74, 6) is -1.85. The molecule has 2 aliphatic carbocycles. The topological polar surface area (TPSA) is 73.8 Å². The van der Waals surface area contributed by atoms with E-state index in [1.54, 1.807) is 6.92 Å². The number of piperidine rings is 1. The highest BCUT2D eigenvalue weighted by molar-refractivity contribution is 6.03. The fourth-order valence-corrected chi connectivity index (χ4v) is 8.80. The summed E-state index contributed by atoms with van der Waals surface area (Å²) in [6.45, 7) is 6.83. The lowest BCUT2D eigenvalue weighted by molar-refractivity contribution is 0.115. The van der Waals surface area contributed by atoms with Crippen molar-refractivity contribution in [2.24, 2.45) is 10.8 Å². The van der Waals surface area contributed by atoms with Crippen molar-refractivity contribution in [1.82, 2.24) is 20.2 Å². The van der Waals surface area contributed by atoms with Crippen LogP contribution in [-0.2, 0) is 6.42 Å². The number of piperazine rings is 1. The summed E-state index contributed by atoms with van der Waals surface area (Å²) in [4.78, 5) is 14.1. The minimum atomic E-state index is -0.877. The minimum absolute atomic E-state index is 0.0360. The second kappa shape index (κ2) is 11.2. The Labute approximate surface area is 278 Å². The van der Waals surface area contributed by atoms with Crippen molar-refractivity contribution in [2.75, 3.05) is 44.2 Å². The highest BCUT2D eigenvalue weighted by atomic mass is 19.1. The Kier molecular flexibility index (Phi) is 7.10. The zero-order valence-corrected chi connectivity index (χ0v) is 27.4. The van der Waals surface area contributed by atoms with Crippen LogP contribution in [-0.4, -0.2) is 71.4 Å². The van der Waals surface area contributed by atoms with Gasteiger partial charge in [-0.3, -0.25) is 0 Å². The molecule has 2 N–H and O–H groups in total. The van der Waals surface area contributed by atoms with Gasteiger partial charge in [0.15, 0.2) is 5.82 Å². The monoisotopic (exact) mass is 657 g/mol. The van der Waals surface area contributed by atoms with Gasteiger partial charge in [0, 0.05) is 42.5 Å². The van der Waals surface area contributed by atoms with Crippen molar-refractivity contribution >= 4 is 27.5 Å². The lowest BCUT2D eigenvalue weighted by atomic mass is 9.91. The molecule has 5 fully saturated rings. The van der Waals surface area contributed by atoms with Crippen molar-refractivity contribution in [3.05, 3.63) is 53.3 Å². The minimum Gasteiger partial charge on any atom is -0.508 e. The molecule has 2 unspecified atom stereocenters. The molecular formula is C38H42F3N5O2. The van der Waals surface area contributed by atoms with E-state index >= 15 is 13.2 Å². The molecule has 48 heavy (non-hydrogen) atoms. The van der Waals surface area contributed by atoms with Crippen LogP contribution in [0.1, 0.15) is 63.9 Å². The van der Waals surface area contributed by atoms with Gasteiger partial charge in [-0.05, 0) is 122 Å². The molecule has 4 aromatic rings. The Balaban J connectivity index is 1.12. The molecule has 7 nitrogen and oxygen atoms in total. The zero-order valence-electron chi connectivity index (χ0n) is 27.4. The largest absolute Gasteiger partial charge is 0.508 e. The number of halogens is 3. The van der Waals surface area contributed by atoms with Crippen LogP contribution in [0.2, 0.25) is 0 Å². The van der Waals surface area contributed by atoms with Crippen molar-refractivity contribution in [3.63, 3.8) is 0 Å². The van der Waals surface area contributed by atoms with E-state index < -0.39 is 17.5 Å². The number of aromatic nitrogens is 2. The van der Waals surface area contributed by atoms with Crippen molar-refractivity contribution in [2.45, 2.75) is 76.8 Å². The second-order valence-electron chi connectivity index (χ2n) is 15.4. The summed E-state index contributed by atoms with van der Waals surface area (Å²) in [5, 5.41) is 15.4. The fourth-order valence-electron chi connectivity index (χ4n) is 8.80. The third-order valence-electron chi connectivity index (χ3n) is 12.0. The van der Waals surface area contributed by atoms with E-state index in [2.05, 4.69) is 20.1 Å². The van der Waals surface area contributed by atoms with E-state index in [-0.39, 0.29) is 51.3 Å². The second-order valence-corrected chi connectivity index (χ2v) is 15.4. The maximum Gasteiger partial charge on any atom is 0.319 e. The highest BCUT2D eigenvalue weighted by Crippen LogP contribution is 2.55. The number of nitrogens with one attached hydrogen (secondary N) is 1. The first kappa shape index (κ1) is 30.4. The molecule has 3 saturated heterocycles. The first-order chi connectivity index (χ1) is 23.2. The Bertz CT molecular complexity index is 1920. The van der Waals surface area contributed by atoms with E-state index in [0.29, 0.717) is 53.7 Å². The third-order valence-corrected chi connectivity index (χ3v) is 12.0. The van der Waals surface area contributed by atoms with Gasteiger partial charge in [0.05, 0.1) is 12.2 Å². The Hall–Kier alpha value is -3.63. The normalized spacial score (nSPS) is 24.1. The molecule has 2 bridgehead atoms. The molecule has 2 atom stereocenters. The number of aryl methyl sites for hydroxylation is 1. The maximum absolute atomic E-state index is 17.0.